The first-order valence-electron chi connectivity index (χ1n) is 8.38. The van der Waals surface area contributed by atoms with Crippen molar-refractivity contribution in [3.63, 3.8) is 0 Å². The van der Waals surface area contributed by atoms with Crippen LogP contribution >= 0.6 is 0 Å². The Balaban J connectivity index is 1.68. The van der Waals surface area contributed by atoms with Gasteiger partial charge in [-0.25, -0.2) is 4.79 Å². The van der Waals surface area contributed by atoms with E-state index in [1.165, 1.54) is 4.90 Å². The first-order valence-corrected chi connectivity index (χ1v) is 8.38. The Morgan fingerprint density at radius 3 is 2.62 bits per heavy atom. The van der Waals surface area contributed by atoms with Gasteiger partial charge >= 0.3 is 6.03 Å². The third-order valence-corrected chi connectivity index (χ3v) is 5.11. The van der Waals surface area contributed by atoms with Crippen LogP contribution in [0.1, 0.15) is 35.1 Å². The van der Waals surface area contributed by atoms with Gasteiger partial charge in [-0.1, -0.05) is 54.1 Å². The predicted octanol–water partition coefficient (Wildman–Crippen LogP) is 3.28. The number of fused-ring (bicyclic) bond motifs is 2. The summed E-state index contributed by atoms with van der Waals surface area (Å²) in [6.07, 6.45) is 2.53. The Morgan fingerprint density at radius 1 is 1.08 bits per heavy atom. The van der Waals surface area contributed by atoms with Gasteiger partial charge in [-0.2, -0.15) is 0 Å². The maximum absolute atomic E-state index is 13.2. The molecule has 1 spiro atoms. The number of rotatable bonds is 2. The van der Waals surface area contributed by atoms with E-state index < -0.39 is 5.54 Å². The summed E-state index contributed by atoms with van der Waals surface area (Å²) in [5.41, 5.74) is 3.37. The van der Waals surface area contributed by atoms with E-state index in [1.54, 1.807) is 0 Å². The van der Waals surface area contributed by atoms with Crippen LogP contribution in [0.4, 0.5) is 4.79 Å². The molecule has 2 aromatic rings. The minimum Gasteiger partial charge on any atom is -0.319 e. The Labute approximate surface area is 141 Å². The van der Waals surface area contributed by atoms with Crippen molar-refractivity contribution in [3.8, 4) is 0 Å². The van der Waals surface area contributed by atoms with Crippen molar-refractivity contribution in [3.05, 3.63) is 70.8 Å². The Hall–Kier alpha value is -2.62. The molecule has 0 aromatic heterocycles. The lowest BCUT2D eigenvalue weighted by Gasteiger charge is -2.33. The summed E-state index contributed by atoms with van der Waals surface area (Å²) in [5.74, 6) is -0.125. The van der Waals surface area contributed by atoms with Crippen LogP contribution in [-0.4, -0.2) is 16.8 Å². The summed E-state index contributed by atoms with van der Waals surface area (Å²) in [4.78, 5) is 27.1. The molecule has 1 atom stereocenters. The molecule has 2 aromatic carbocycles. The van der Waals surface area contributed by atoms with E-state index in [0.717, 1.165) is 35.1 Å². The third-order valence-electron chi connectivity index (χ3n) is 5.11. The van der Waals surface area contributed by atoms with Gasteiger partial charge in [0.2, 0.25) is 0 Å². The maximum Gasteiger partial charge on any atom is 0.325 e. The standard InChI is InChI=1S/C20H20N2O2/c1-14-8-10-15(11-9-14)13-22-18(23)20(21-19(22)24)12-4-6-16-5-2-3-7-17(16)20/h2-3,5,7-11H,4,6,12-13H2,1H3,(H,21,24)/t20-/m0/s1. The Bertz CT molecular complexity index is 813. The Kier molecular flexibility index (Phi) is 3.41. The minimum absolute atomic E-state index is 0.125. The smallest absolute Gasteiger partial charge is 0.319 e. The van der Waals surface area contributed by atoms with Gasteiger partial charge in [0.05, 0.1) is 6.54 Å². The molecule has 24 heavy (non-hydrogen) atoms. The number of imide groups is 1. The average Bonchev–Trinajstić information content (AvgIpc) is 2.82. The second-order valence-corrected chi connectivity index (χ2v) is 6.72. The molecule has 0 saturated carbocycles. The van der Waals surface area contributed by atoms with Crippen LogP contribution in [0.5, 0.6) is 0 Å². The highest BCUT2D eigenvalue weighted by Gasteiger charge is 2.53. The van der Waals surface area contributed by atoms with Crippen LogP contribution in [0.15, 0.2) is 48.5 Å². The second-order valence-electron chi connectivity index (χ2n) is 6.72. The Morgan fingerprint density at radius 2 is 1.83 bits per heavy atom. The highest BCUT2D eigenvalue weighted by molar-refractivity contribution is 6.07. The van der Waals surface area contributed by atoms with Gasteiger partial charge in [-0.15, -0.1) is 0 Å². The van der Waals surface area contributed by atoms with Crippen LogP contribution in [-0.2, 0) is 23.3 Å². The molecule has 0 unspecified atom stereocenters. The zero-order valence-electron chi connectivity index (χ0n) is 13.7. The molecule has 4 heteroatoms. The molecule has 2 aliphatic rings. The molecule has 1 fully saturated rings. The number of hydrogen-bond acceptors (Lipinski definition) is 2. The summed E-state index contributed by atoms with van der Waals surface area (Å²) < 4.78 is 0. The second kappa shape index (κ2) is 5.48. The molecule has 0 radical (unpaired) electrons. The number of aryl methyl sites for hydroxylation is 2. The van der Waals surface area contributed by atoms with Gasteiger partial charge in [-0.05, 0) is 42.9 Å². The van der Waals surface area contributed by atoms with Gasteiger partial charge in [0.15, 0.2) is 0 Å². The number of urea groups is 1. The predicted molar refractivity (Wildman–Crippen MR) is 91.3 cm³/mol. The lowest BCUT2D eigenvalue weighted by Crippen LogP contribution is -2.46. The van der Waals surface area contributed by atoms with E-state index in [-0.39, 0.29) is 11.9 Å². The first-order chi connectivity index (χ1) is 11.6. The summed E-state index contributed by atoms with van der Waals surface area (Å²) >= 11 is 0. The quantitative estimate of drug-likeness (QED) is 0.863. The number of nitrogens with zero attached hydrogens (tertiary/aromatic N) is 1. The molecule has 4 nitrogen and oxygen atoms in total. The number of hydrogen-bond donors (Lipinski definition) is 1. The molecular weight excluding hydrogens is 300 g/mol. The lowest BCUT2D eigenvalue weighted by atomic mass is 9.76. The van der Waals surface area contributed by atoms with Crippen molar-refractivity contribution in [1.82, 2.24) is 10.2 Å². The van der Waals surface area contributed by atoms with E-state index >= 15 is 0 Å². The third kappa shape index (κ3) is 2.21. The van der Waals surface area contributed by atoms with Gasteiger partial charge in [-0.3, -0.25) is 9.69 Å². The van der Waals surface area contributed by atoms with Crippen molar-refractivity contribution in [2.45, 2.75) is 38.3 Å². The fourth-order valence-corrected chi connectivity index (χ4v) is 3.83. The zero-order valence-corrected chi connectivity index (χ0v) is 13.7. The van der Waals surface area contributed by atoms with Gasteiger partial charge in [0, 0.05) is 0 Å². The number of amides is 3. The van der Waals surface area contributed by atoms with Gasteiger partial charge in [0.25, 0.3) is 5.91 Å². The number of benzene rings is 2. The topological polar surface area (TPSA) is 49.4 Å². The number of nitrogens with one attached hydrogen (secondary N) is 1. The van der Waals surface area contributed by atoms with E-state index in [9.17, 15) is 9.59 Å². The van der Waals surface area contributed by atoms with E-state index in [1.807, 2.05) is 49.4 Å². The van der Waals surface area contributed by atoms with Crippen LogP contribution < -0.4 is 5.32 Å². The van der Waals surface area contributed by atoms with Crippen molar-refractivity contribution >= 4 is 11.9 Å². The molecule has 1 N–H and O–H groups in total. The summed E-state index contributed by atoms with van der Waals surface area (Å²) in [5, 5.41) is 2.99. The number of carbonyl (C=O) groups is 2. The van der Waals surface area contributed by atoms with E-state index in [0.29, 0.717) is 13.0 Å². The molecule has 1 aliphatic heterocycles. The van der Waals surface area contributed by atoms with Crippen LogP contribution in [0.25, 0.3) is 0 Å². The average molecular weight is 320 g/mol. The first kappa shape index (κ1) is 14.9. The molecule has 122 valence electrons. The zero-order chi connectivity index (χ0) is 16.7. The van der Waals surface area contributed by atoms with Crippen LogP contribution in [0.2, 0.25) is 0 Å². The minimum atomic E-state index is -0.878. The van der Waals surface area contributed by atoms with Crippen LogP contribution in [0.3, 0.4) is 0 Å². The molecule has 4 rings (SSSR count). The molecule has 1 saturated heterocycles. The summed E-state index contributed by atoms with van der Waals surface area (Å²) in [6, 6.07) is 15.6. The van der Waals surface area contributed by atoms with Crippen molar-refractivity contribution in [2.75, 3.05) is 0 Å². The fraction of sp³-hybridized carbons (Fsp3) is 0.300. The lowest BCUT2D eigenvalue weighted by molar-refractivity contribution is -0.132. The summed E-state index contributed by atoms with van der Waals surface area (Å²) in [6.45, 7) is 2.33. The molecule has 3 amide bonds. The number of carbonyl (C=O) groups excluding carboxylic acids is 2. The van der Waals surface area contributed by atoms with Gasteiger partial charge in [0.1, 0.15) is 5.54 Å². The molecule has 1 aliphatic carbocycles. The molecule has 0 bridgehead atoms. The van der Waals surface area contributed by atoms with Crippen molar-refractivity contribution in [1.29, 1.82) is 0 Å². The monoisotopic (exact) mass is 320 g/mol. The normalized spacial score (nSPS) is 22.6. The van der Waals surface area contributed by atoms with Crippen LogP contribution in [0, 0.1) is 6.92 Å². The maximum atomic E-state index is 13.2. The molecular formula is C20H20N2O2. The highest BCUT2D eigenvalue weighted by atomic mass is 16.2. The van der Waals surface area contributed by atoms with Gasteiger partial charge < -0.3 is 5.32 Å². The summed E-state index contributed by atoms with van der Waals surface area (Å²) in [7, 11) is 0. The SMILES string of the molecule is Cc1ccc(CN2C(=O)N[C@]3(CCCc4ccccc43)C2=O)cc1. The fourth-order valence-electron chi connectivity index (χ4n) is 3.83. The van der Waals surface area contributed by atoms with Crippen molar-refractivity contribution in [2.24, 2.45) is 0 Å². The highest BCUT2D eigenvalue weighted by Crippen LogP contribution is 2.40. The van der Waals surface area contributed by atoms with E-state index in [4.69, 9.17) is 0 Å². The molecule has 1 heterocycles. The largest absolute Gasteiger partial charge is 0.325 e. The van der Waals surface area contributed by atoms with E-state index in [2.05, 4.69) is 11.4 Å². The van der Waals surface area contributed by atoms with Crippen molar-refractivity contribution < 1.29 is 9.59 Å².